The largest absolute Gasteiger partial charge is 0.332 e. The van der Waals surface area contributed by atoms with E-state index in [0.717, 1.165) is 4.57 Å². The molecule has 2 heterocycles. The van der Waals surface area contributed by atoms with Gasteiger partial charge in [0.2, 0.25) is 5.91 Å². The third kappa shape index (κ3) is 3.10. The highest BCUT2D eigenvalue weighted by Gasteiger charge is 2.18. The molecule has 0 atom stereocenters. The lowest BCUT2D eigenvalue weighted by atomic mass is 10.2. The lowest BCUT2D eigenvalue weighted by Crippen LogP contribution is -2.42. The van der Waals surface area contributed by atoms with Gasteiger partial charge in [-0.1, -0.05) is 6.07 Å². The van der Waals surface area contributed by atoms with E-state index in [1.54, 1.807) is 14.0 Å². The smallest absolute Gasteiger partial charge is 0.328 e. The summed E-state index contributed by atoms with van der Waals surface area (Å²) in [5.74, 6) is -0.658. The summed E-state index contributed by atoms with van der Waals surface area (Å²) in [6.45, 7) is 1.05. The molecule has 0 spiro atoms. The van der Waals surface area contributed by atoms with Gasteiger partial charge in [0.15, 0.2) is 11.2 Å². The van der Waals surface area contributed by atoms with Gasteiger partial charge in [0.1, 0.15) is 6.54 Å². The number of aryl methyl sites for hydroxylation is 3. The Morgan fingerprint density at radius 3 is 2.67 bits per heavy atom. The van der Waals surface area contributed by atoms with Gasteiger partial charge < -0.3 is 9.88 Å². The van der Waals surface area contributed by atoms with E-state index in [4.69, 9.17) is 0 Å². The Morgan fingerprint density at radius 1 is 1.30 bits per heavy atom. The highest BCUT2D eigenvalue weighted by atomic mass is 16.6. The first-order chi connectivity index (χ1) is 12.7. The average Bonchev–Trinajstić information content (AvgIpc) is 3.00. The summed E-state index contributed by atoms with van der Waals surface area (Å²) in [5.41, 5.74) is -0.408. The van der Waals surface area contributed by atoms with E-state index in [0.29, 0.717) is 5.56 Å². The van der Waals surface area contributed by atoms with Gasteiger partial charge in [0.25, 0.3) is 11.2 Å². The number of anilines is 1. The van der Waals surface area contributed by atoms with Gasteiger partial charge in [0, 0.05) is 31.4 Å². The number of amides is 1. The topological polar surface area (TPSA) is 134 Å². The highest BCUT2D eigenvalue weighted by Crippen LogP contribution is 2.22. The van der Waals surface area contributed by atoms with Crippen molar-refractivity contribution in [2.75, 3.05) is 5.32 Å². The quantitative estimate of drug-likeness (QED) is 0.517. The van der Waals surface area contributed by atoms with Crippen molar-refractivity contribution < 1.29 is 9.72 Å². The number of benzene rings is 1. The van der Waals surface area contributed by atoms with Crippen molar-refractivity contribution in [1.29, 1.82) is 0 Å². The Hall–Kier alpha value is -3.76. The van der Waals surface area contributed by atoms with Gasteiger partial charge in [-0.05, 0) is 13.0 Å². The maximum atomic E-state index is 12.6. The lowest BCUT2D eigenvalue weighted by molar-refractivity contribution is -0.385. The fraction of sp³-hybridized carbons (Fsp3) is 0.250. The summed E-state index contributed by atoms with van der Waals surface area (Å²) in [7, 11) is 3.06. The predicted octanol–water partition coefficient (Wildman–Crippen LogP) is 0.289. The molecule has 0 saturated carbocycles. The van der Waals surface area contributed by atoms with Crippen LogP contribution in [0.1, 0.15) is 5.56 Å². The fourth-order valence-electron chi connectivity index (χ4n) is 2.76. The summed E-state index contributed by atoms with van der Waals surface area (Å²) in [6, 6.07) is 4.23. The van der Waals surface area contributed by atoms with Crippen LogP contribution in [0.2, 0.25) is 0 Å². The second-order valence-electron chi connectivity index (χ2n) is 6.07. The van der Waals surface area contributed by atoms with Crippen molar-refractivity contribution in [1.82, 2.24) is 18.7 Å². The molecule has 0 radical (unpaired) electrons. The number of carbonyl (C=O) groups is 1. The fourth-order valence-corrected chi connectivity index (χ4v) is 2.76. The molecule has 1 N–H and O–H groups in total. The number of imidazole rings is 1. The van der Waals surface area contributed by atoms with Crippen LogP contribution in [0.15, 0.2) is 34.1 Å². The molecule has 27 heavy (non-hydrogen) atoms. The monoisotopic (exact) mass is 372 g/mol. The number of carbonyl (C=O) groups excluding carboxylic acids is 1. The molecule has 0 aliphatic rings. The number of nitrogens with one attached hydrogen (secondary N) is 1. The van der Waals surface area contributed by atoms with Gasteiger partial charge in [-0.3, -0.25) is 24.3 Å². The second kappa shape index (κ2) is 6.52. The van der Waals surface area contributed by atoms with Gasteiger partial charge in [-0.15, -0.1) is 0 Å². The van der Waals surface area contributed by atoms with E-state index < -0.39 is 28.6 Å². The summed E-state index contributed by atoms with van der Waals surface area (Å²) >= 11 is 0. The number of aromatic nitrogens is 4. The maximum absolute atomic E-state index is 12.6. The molecular weight excluding hydrogens is 356 g/mol. The second-order valence-corrected chi connectivity index (χ2v) is 6.07. The Morgan fingerprint density at radius 2 is 2.00 bits per heavy atom. The van der Waals surface area contributed by atoms with Crippen LogP contribution in [0.25, 0.3) is 11.2 Å². The molecule has 0 aliphatic heterocycles. The molecule has 11 nitrogen and oxygen atoms in total. The summed E-state index contributed by atoms with van der Waals surface area (Å²) in [6.07, 6.45) is 1.40. The number of nitro benzene ring substituents is 1. The number of fused-ring (bicyclic) bond motifs is 1. The minimum Gasteiger partial charge on any atom is -0.328 e. The van der Waals surface area contributed by atoms with E-state index in [9.17, 15) is 24.5 Å². The van der Waals surface area contributed by atoms with E-state index >= 15 is 0 Å². The minimum absolute atomic E-state index is 0.141. The zero-order valence-electron chi connectivity index (χ0n) is 14.8. The van der Waals surface area contributed by atoms with Gasteiger partial charge in [-0.25, -0.2) is 14.3 Å². The van der Waals surface area contributed by atoms with Crippen molar-refractivity contribution in [2.24, 2.45) is 14.1 Å². The van der Waals surface area contributed by atoms with E-state index in [1.165, 1.54) is 40.7 Å². The molecule has 0 saturated heterocycles. The Labute approximate surface area is 151 Å². The van der Waals surface area contributed by atoms with Crippen molar-refractivity contribution in [3.8, 4) is 0 Å². The predicted molar refractivity (Wildman–Crippen MR) is 96.7 cm³/mol. The van der Waals surface area contributed by atoms with Gasteiger partial charge in [0.05, 0.1) is 11.3 Å². The summed E-state index contributed by atoms with van der Waals surface area (Å²) in [5, 5.41) is 13.5. The molecule has 3 rings (SSSR count). The van der Waals surface area contributed by atoms with E-state index in [-0.39, 0.29) is 22.5 Å². The van der Waals surface area contributed by atoms with Crippen LogP contribution in [0.3, 0.4) is 0 Å². The summed E-state index contributed by atoms with van der Waals surface area (Å²) in [4.78, 5) is 51.7. The molecule has 0 unspecified atom stereocenters. The zero-order valence-corrected chi connectivity index (χ0v) is 14.8. The number of hydrogen-bond acceptors (Lipinski definition) is 6. The highest BCUT2D eigenvalue weighted by molar-refractivity contribution is 5.91. The van der Waals surface area contributed by atoms with Crippen molar-refractivity contribution >= 4 is 28.4 Å². The van der Waals surface area contributed by atoms with Crippen LogP contribution in [0.4, 0.5) is 11.4 Å². The van der Waals surface area contributed by atoms with Crippen LogP contribution >= 0.6 is 0 Å². The molecule has 0 aliphatic carbocycles. The van der Waals surface area contributed by atoms with Crippen molar-refractivity contribution in [2.45, 2.75) is 13.5 Å². The first kappa shape index (κ1) is 18.0. The molecule has 1 amide bonds. The SMILES string of the molecule is Cc1ccc(NC(=O)Cn2c(=O)c3c(ncn3C)n(C)c2=O)cc1[N+](=O)[O-]. The third-order valence-electron chi connectivity index (χ3n) is 4.19. The molecule has 1 aromatic carbocycles. The standard InChI is InChI=1S/C16H16N6O5/c1-9-4-5-10(6-11(9)22(26)27)18-12(23)7-21-15(24)13-14(17-8-19(13)2)20(3)16(21)25/h4-6,8H,7H2,1-3H3,(H,18,23). The van der Waals surface area contributed by atoms with Crippen LogP contribution in [0.5, 0.6) is 0 Å². The molecule has 0 fully saturated rings. The Bertz CT molecular complexity index is 1200. The van der Waals surface area contributed by atoms with Crippen molar-refractivity contribution in [3.05, 3.63) is 61.0 Å². The summed E-state index contributed by atoms with van der Waals surface area (Å²) < 4.78 is 3.44. The molecule has 3 aromatic rings. The third-order valence-corrected chi connectivity index (χ3v) is 4.19. The normalized spacial score (nSPS) is 10.9. The Kier molecular flexibility index (Phi) is 4.35. The van der Waals surface area contributed by atoms with Crippen LogP contribution < -0.4 is 16.6 Å². The molecule has 0 bridgehead atoms. The van der Waals surface area contributed by atoms with Crippen LogP contribution in [-0.4, -0.2) is 29.5 Å². The number of hydrogen-bond donors (Lipinski definition) is 1. The van der Waals surface area contributed by atoms with Crippen LogP contribution in [-0.2, 0) is 25.4 Å². The van der Waals surface area contributed by atoms with Crippen LogP contribution in [0, 0.1) is 17.0 Å². The van der Waals surface area contributed by atoms with Gasteiger partial charge >= 0.3 is 5.69 Å². The van der Waals surface area contributed by atoms with E-state index in [1.807, 2.05) is 0 Å². The minimum atomic E-state index is -0.684. The maximum Gasteiger partial charge on any atom is 0.332 e. The van der Waals surface area contributed by atoms with Crippen molar-refractivity contribution in [3.63, 3.8) is 0 Å². The molecule has 140 valence electrons. The average molecular weight is 372 g/mol. The number of nitro groups is 1. The first-order valence-corrected chi connectivity index (χ1v) is 7.86. The zero-order chi connectivity index (χ0) is 19.9. The molecule has 11 heteroatoms. The Balaban J connectivity index is 1.95. The van der Waals surface area contributed by atoms with E-state index in [2.05, 4.69) is 10.3 Å². The molecule has 2 aromatic heterocycles. The first-order valence-electron chi connectivity index (χ1n) is 7.86. The number of rotatable bonds is 4. The number of nitrogens with zero attached hydrogens (tertiary/aromatic N) is 5. The van der Waals surface area contributed by atoms with Gasteiger partial charge in [-0.2, -0.15) is 0 Å². The lowest BCUT2D eigenvalue weighted by Gasteiger charge is -2.09. The molecular formula is C16H16N6O5.